The van der Waals surface area contributed by atoms with Crippen LogP contribution in [0.3, 0.4) is 0 Å². The molecular weight excluding hydrogens is 202 g/mol. The Morgan fingerprint density at radius 2 is 2.25 bits per heavy atom. The SMILES string of the molecule is CNc1ncc(C)c(OC2CCCC2C)n1. The number of anilines is 1. The summed E-state index contributed by atoms with van der Waals surface area (Å²) < 4.78 is 5.97. The van der Waals surface area contributed by atoms with Gasteiger partial charge in [0, 0.05) is 18.8 Å². The predicted molar refractivity (Wildman–Crippen MR) is 63.7 cm³/mol. The summed E-state index contributed by atoms with van der Waals surface area (Å²) in [5, 5.41) is 2.93. The quantitative estimate of drug-likeness (QED) is 0.851. The zero-order chi connectivity index (χ0) is 11.5. The number of aromatic nitrogens is 2. The fourth-order valence-electron chi connectivity index (χ4n) is 2.10. The van der Waals surface area contributed by atoms with Gasteiger partial charge in [0.2, 0.25) is 11.8 Å². The molecule has 1 fully saturated rings. The maximum atomic E-state index is 5.97. The number of hydrogen-bond acceptors (Lipinski definition) is 4. The molecule has 1 heterocycles. The van der Waals surface area contributed by atoms with Crippen LogP contribution in [0.4, 0.5) is 5.95 Å². The highest BCUT2D eigenvalue weighted by molar-refractivity contribution is 5.32. The Hall–Kier alpha value is -1.32. The van der Waals surface area contributed by atoms with Gasteiger partial charge in [-0.25, -0.2) is 4.98 Å². The Morgan fingerprint density at radius 3 is 2.88 bits per heavy atom. The second-order valence-corrected chi connectivity index (χ2v) is 4.50. The van der Waals surface area contributed by atoms with Crippen molar-refractivity contribution >= 4 is 5.95 Å². The molecule has 1 aliphatic rings. The molecule has 0 aliphatic heterocycles. The Kier molecular flexibility index (Phi) is 3.27. The molecular formula is C12H19N3O. The van der Waals surface area contributed by atoms with Crippen LogP contribution in [0.15, 0.2) is 6.20 Å². The standard InChI is InChI=1S/C12H19N3O/c1-8-5-4-6-10(8)16-11-9(2)7-14-12(13-3)15-11/h7-8,10H,4-6H2,1-3H3,(H,13,14,15). The van der Waals surface area contributed by atoms with Gasteiger partial charge in [0.15, 0.2) is 0 Å². The van der Waals surface area contributed by atoms with Crippen LogP contribution in [0.25, 0.3) is 0 Å². The van der Waals surface area contributed by atoms with Crippen LogP contribution in [0.5, 0.6) is 5.88 Å². The summed E-state index contributed by atoms with van der Waals surface area (Å²) in [4.78, 5) is 8.49. The fourth-order valence-corrected chi connectivity index (χ4v) is 2.10. The first-order valence-corrected chi connectivity index (χ1v) is 5.88. The van der Waals surface area contributed by atoms with Gasteiger partial charge < -0.3 is 10.1 Å². The van der Waals surface area contributed by atoms with Crippen molar-refractivity contribution in [3.8, 4) is 5.88 Å². The van der Waals surface area contributed by atoms with E-state index in [1.807, 2.05) is 14.0 Å². The average Bonchev–Trinajstić information content (AvgIpc) is 2.68. The van der Waals surface area contributed by atoms with Crippen molar-refractivity contribution in [3.05, 3.63) is 11.8 Å². The lowest BCUT2D eigenvalue weighted by Crippen LogP contribution is -2.20. The molecule has 88 valence electrons. The van der Waals surface area contributed by atoms with Crippen LogP contribution in [0.2, 0.25) is 0 Å². The second kappa shape index (κ2) is 4.68. The van der Waals surface area contributed by atoms with Crippen LogP contribution < -0.4 is 10.1 Å². The van der Waals surface area contributed by atoms with Crippen LogP contribution in [-0.4, -0.2) is 23.1 Å². The summed E-state index contributed by atoms with van der Waals surface area (Å²) in [6.45, 7) is 4.22. The minimum atomic E-state index is 0.318. The topological polar surface area (TPSA) is 47.0 Å². The van der Waals surface area contributed by atoms with E-state index in [1.54, 1.807) is 6.20 Å². The smallest absolute Gasteiger partial charge is 0.225 e. The van der Waals surface area contributed by atoms with E-state index in [1.165, 1.54) is 12.8 Å². The molecule has 2 unspecified atom stereocenters. The lowest BCUT2D eigenvalue weighted by molar-refractivity contribution is 0.159. The van der Waals surface area contributed by atoms with E-state index >= 15 is 0 Å². The zero-order valence-electron chi connectivity index (χ0n) is 10.2. The number of rotatable bonds is 3. The van der Waals surface area contributed by atoms with E-state index in [-0.39, 0.29) is 0 Å². The van der Waals surface area contributed by atoms with Crippen molar-refractivity contribution in [2.75, 3.05) is 12.4 Å². The van der Waals surface area contributed by atoms with Gasteiger partial charge in [0.1, 0.15) is 6.10 Å². The Balaban J connectivity index is 2.13. The van der Waals surface area contributed by atoms with Crippen molar-refractivity contribution < 1.29 is 4.74 Å². The molecule has 0 spiro atoms. The van der Waals surface area contributed by atoms with Crippen molar-refractivity contribution in [2.24, 2.45) is 5.92 Å². The van der Waals surface area contributed by atoms with Crippen molar-refractivity contribution in [2.45, 2.75) is 39.2 Å². The molecule has 0 radical (unpaired) electrons. The van der Waals surface area contributed by atoms with Gasteiger partial charge in [0.25, 0.3) is 0 Å². The van der Waals surface area contributed by atoms with E-state index in [0.29, 0.717) is 18.0 Å². The molecule has 1 N–H and O–H groups in total. The van der Waals surface area contributed by atoms with Gasteiger partial charge in [-0.1, -0.05) is 6.92 Å². The maximum absolute atomic E-state index is 5.97. The zero-order valence-corrected chi connectivity index (χ0v) is 10.2. The van der Waals surface area contributed by atoms with Gasteiger partial charge in [-0.3, -0.25) is 0 Å². The second-order valence-electron chi connectivity index (χ2n) is 4.50. The lowest BCUT2D eigenvalue weighted by atomic mass is 10.1. The first kappa shape index (κ1) is 11.2. The van der Waals surface area contributed by atoms with Crippen LogP contribution in [0.1, 0.15) is 31.7 Å². The lowest BCUT2D eigenvalue weighted by Gasteiger charge is -2.18. The van der Waals surface area contributed by atoms with Gasteiger partial charge in [-0.05, 0) is 32.1 Å². The Labute approximate surface area is 96.4 Å². The molecule has 0 saturated heterocycles. The summed E-state index contributed by atoms with van der Waals surface area (Å²) in [7, 11) is 1.81. The third-order valence-electron chi connectivity index (χ3n) is 3.19. The summed E-state index contributed by atoms with van der Waals surface area (Å²) >= 11 is 0. The highest BCUT2D eigenvalue weighted by Gasteiger charge is 2.26. The number of ether oxygens (including phenoxy) is 1. The molecule has 0 amide bonds. The number of nitrogens with zero attached hydrogens (tertiary/aromatic N) is 2. The molecule has 0 bridgehead atoms. The molecule has 1 aromatic heterocycles. The third kappa shape index (κ3) is 2.26. The molecule has 1 aliphatic carbocycles. The van der Waals surface area contributed by atoms with Crippen molar-refractivity contribution in [1.82, 2.24) is 9.97 Å². The average molecular weight is 221 g/mol. The molecule has 1 aromatic rings. The van der Waals surface area contributed by atoms with Crippen LogP contribution >= 0.6 is 0 Å². The molecule has 1 saturated carbocycles. The van der Waals surface area contributed by atoms with E-state index in [0.717, 1.165) is 17.9 Å². The first-order chi connectivity index (χ1) is 7.70. The van der Waals surface area contributed by atoms with Gasteiger partial charge in [-0.2, -0.15) is 4.98 Å². The fraction of sp³-hybridized carbons (Fsp3) is 0.667. The van der Waals surface area contributed by atoms with Crippen molar-refractivity contribution in [3.63, 3.8) is 0 Å². The summed E-state index contributed by atoms with van der Waals surface area (Å²) in [6, 6.07) is 0. The monoisotopic (exact) mass is 221 g/mol. The normalized spacial score (nSPS) is 24.4. The predicted octanol–water partition coefficient (Wildman–Crippen LogP) is 2.39. The summed E-state index contributed by atoms with van der Waals surface area (Å²) in [5.74, 6) is 1.97. The highest BCUT2D eigenvalue weighted by Crippen LogP contribution is 2.29. The highest BCUT2D eigenvalue weighted by atomic mass is 16.5. The minimum Gasteiger partial charge on any atom is -0.474 e. The molecule has 4 nitrogen and oxygen atoms in total. The van der Waals surface area contributed by atoms with Crippen molar-refractivity contribution in [1.29, 1.82) is 0 Å². The first-order valence-electron chi connectivity index (χ1n) is 5.88. The summed E-state index contributed by atoms with van der Waals surface area (Å²) in [6.07, 6.45) is 5.77. The van der Waals surface area contributed by atoms with Crippen LogP contribution in [0, 0.1) is 12.8 Å². The van der Waals surface area contributed by atoms with Gasteiger partial charge in [0.05, 0.1) is 0 Å². The molecule has 4 heteroatoms. The van der Waals surface area contributed by atoms with E-state index in [4.69, 9.17) is 4.74 Å². The van der Waals surface area contributed by atoms with E-state index in [2.05, 4.69) is 22.2 Å². The molecule has 2 rings (SSSR count). The van der Waals surface area contributed by atoms with E-state index in [9.17, 15) is 0 Å². The number of aryl methyl sites for hydroxylation is 1. The third-order valence-corrected chi connectivity index (χ3v) is 3.19. The van der Waals surface area contributed by atoms with Gasteiger partial charge in [-0.15, -0.1) is 0 Å². The molecule has 2 atom stereocenters. The van der Waals surface area contributed by atoms with Gasteiger partial charge >= 0.3 is 0 Å². The Morgan fingerprint density at radius 1 is 1.44 bits per heavy atom. The maximum Gasteiger partial charge on any atom is 0.225 e. The Bertz CT molecular complexity index is 367. The number of hydrogen-bond donors (Lipinski definition) is 1. The molecule has 16 heavy (non-hydrogen) atoms. The summed E-state index contributed by atoms with van der Waals surface area (Å²) in [5.41, 5.74) is 0.998. The number of nitrogens with one attached hydrogen (secondary N) is 1. The minimum absolute atomic E-state index is 0.318. The van der Waals surface area contributed by atoms with Crippen LogP contribution in [-0.2, 0) is 0 Å². The van der Waals surface area contributed by atoms with E-state index < -0.39 is 0 Å². The largest absolute Gasteiger partial charge is 0.474 e. The molecule has 0 aromatic carbocycles.